The molecule has 1 aromatic heterocycles. The highest BCUT2D eigenvalue weighted by molar-refractivity contribution is 7.89. The topological polar surface area (TPSA) is 69.7 Å². The second kappa shape index (κ2) is 8.30. The smallest absolute Gasteiger partial charge is 0.264 e. The van der Waals surface area contributed by atoms with Crippen LogP contribution in [0.1, 0.15) is 15.2 Å². The van der Waals surface area contributed by atoms with Gasteiger partial charge in [0.2, 0.25) is 10.0 Å². The van der Waals surface area contributed by atoms with Crippen LogP contribution in [0.3, 0.4) is 0 Å². The minimum Gasteiger partial charge on any atom is -0.335 e. The van der Waals surface area contributed by atoms with E-state index in [1.54, 1.807) is 18.2 Å². The molecule has 8 heteroatoms. The zero-order valence-corrected chi connectivity index (χ0v) is 16.4. The van der Waals surface area contributed by atoms with Crippen molar-refractivity contribution < 1.29 is 13.2 Å². The van der Waals surface area contributed by atoms with E-state index in [0.29, 0.717) is 31.1 Å². The Bertz CT molecular complexity index is 842. The van der Waals surface area contributed by atoms with Crippen molar-refractivity contribution in [2.45, 2.75) is 11.8 Å². The van der Waals surface area contributed by atoms with Crippen LogP contribution < -0.4 is 4.72 Å². The zero-order chi connectivity index (χ0) is 18.6. The van der Waals surface area contributed by atoms with Gasteiger partial charge >= 0.3 is 0 Å². The summed E-state index contributed by atoms with van der Waals surface area (Å²) in [7, 11) is -3.48. The number of sulfonamides is 1. The average molecular weight is 394 g/mol. The quantitative estimate of drug-likeness (QED) is 0.812. The Kier molecular flexibility index (Phi) is 6.08. The minimum absolute atomic E-state index is 0.0831. The summed E-state index contributed by atoms with van der Waals surface area (Å²) in [4.78, 5) is 17.4. The Morgan fingerprint density at radius 3 is 2.58 bits per heavy atom. The number of amides is 1. The predicted octanol–water partition coefficient (Wildman–Crippen LogP) is 1.79. The first-order chi connectivity index (χ1) is 12.5. The van der Waals surface area contributed by atoms with Crippen molar-refractivity contribution >= 4 is 27.3 Å². The van der Waals surface area contributed by atoms with Gasteiger partial charge in [0.1, 0.15) is 0 Å². The van der Waals surface area contributed by atoms with Crippen LogP contribution >= 0.6 is 11.3 Å². The van der Waals surface area contributed by atoms with Crippen LogP contribution in [0.5, 0.6) is 0 Å². The maximum Gasteiger partial charge on any atom is 0.264 e. The van der Waals surface area contributed by atoms with Crippen LogP contribution in [-0.2, 0) is 10.0 Å². The third-order valence-electron chi connectivity index (χ3n) is 4.41. The molecule has 0 saturated carbocycles. The molecule has 1 amide bonds. The van der Waals surface area contributed by atoms with Crippen LogP contribution in [0.2, 0.25) is 0 Å². The fourth-order valence-electron chi connectivity index (χ4n) is 2.93. The van der Waals surface area contributed by atoms with E-state index in [1.165, 1.54) is 11.3 Å². The first kappa shape index (κ1) is 19.0. The lowest BCUT2D eigenvalue weighted by atomic mass is 10.2. The molecule has 2 heterocycles. The maximum atomic E-state index is 12.3. The summed E-state index contributed by atoms with van der Waals surface area (Å²) in [6.07, 6.45) is 0. The van der Waals surface area contributed by atoms with Crippen LogP contribution in [0, 0.1) is 6.92 Å². The number of carbonyl (C=O) groups excluding carboxylic acids is 1. The van der Waals surface area contributed by atoms with Gasteiger partial charge in [0, 0.05) is 39.3 Å². The molecule has 1 aromatic carbocycles. The van der Waals surface area contributed by atoms with E-state index in [4.69, 9.17) is 0 Å². The van der Waals surface area contributed by atoms with Gasteiger partial charge < -0.3 is 4.90 Å². The predicted molar refractivity (Wildman–Crippen MR) is 103 cm³/mol. The highest BCUT2D eigenvalue weighted by Gasteiger charge is 2.23. The van der Waals surface area contributed by atoms with Crippen LogP contribution in [0.25, 0.3) is 0 Å². The molecule has 0 radical (unpaired) electrons. The van der Waals surface area contributed by atoms with E-state index in [9.17, 15) is 13.2 Å². The lowest BCUT2D eigenvalue weighted by Crippen LogP contribution is -2.50. The number of nitrogens with one attached hydrogen (secondary N) is 1. The van der Waals surface area contributed by atoms with Crippen molar-refractivity contribution in [2.24, 2.45) is 0 Å². The highest BCUT2D eigenvalue weighted by Crippen LogP contribution is 2.14. The normalized spacial score (nSPS) is 16.0. The molecule has 0 unspecified atom stereocenters. The number of rotatable bonds is 6. The summed E-state index contributed by atoms with van der Waals surface area (Å²) in [6.45, 7) is 5.70. The lowest BCUT2D eigenvalue weighted by Gasteiger charge is -2.34. The molecule has 0 aliphatic carbocycles. The number of piperazine rings is 1. The lowest BCUT2D eigenvalue weighted by molar-refractivity contribution is 0.0645. The van der Waals surface area contributed by atoms with E-state index in [2.05, 4.69) is 9.62 Å². The molecule has 2 aromatic rings. The molecule has 140 valence electrons. The van der Waals surface area contributed by atoms with Crippen molar-refractivity contribution in [1.82, 2.24) is 14.5 Å². The molecule has 1 N–H and O–H groups in total. The molecule has 1 saturated heterocycles. The Hall–Kier alpha value is -1.74. The molecule has 1 aliphatic rings. The van der Waals surface area contributed by atoms with Gasteiger partial charge in [0.25, 0.3) is 5.91 Å². The summed E-state index contributed by atoms with van der Waals surface area (Å²) in [6, 6.07) is 10.6. The van der Waals surface area contributed by atoms with Crippen molar-refractivity contribution in [3.05, 3.63) is 52.2 Å². The number of hydrogen-bond donors (Lipinski definition) is 1. The van der Waals surface area contributed by atoms with E-state index in [0.717, 1.165) is 23.5 Å². The number of carbonyl (C=O) groups is 1. The van der Waals surface area contributed by atoms with Crippen molar-refractivity contribution in [1.29, 1.82) is 0 Å². The zero-order valence-electron chi connectivity index (χ0n) is 14.7. The largest absolute Gasteiger partial charge is 0.335 e. The van der Waals surface area contributed by atoms with Gasteiger partial charge in [0.15, 0.2) is 0 Å². The summed E-state index contributed by atoms with van der Waals surface area (Å²) < 4.78 is 27.3. The van der Waals surface area contributed by atoms with Crippen LogP contribution in [0.4, 0.5) is 0 Å². The first-order valence-electron chi connectivity index (χ1n) is 8.57. The maximum absolute atomic E-state index is 12.3. The second-order valence-corrected chi connectivity index (χ2v) is 9.04. The third kappa shape index (κ3) is 4.70. The van der Waals surface area contributed by atoms with Crippen molar-refractivity contribution in [3.63, 3.8) is 0 Å². The number of nitrogens with zero attached hydrogens (tertiary/aromatic N) is 2. The van der Waals surface area contributed by atoms with Crippen molar-refractivity contribution in [3.8, 4) is 0 Å². The van der Waals surface area contributed by atoms with Gasteiger partial charge in [-0.1, -0.05) is 18.2 Å². The van der Waals surface area contributed by atoms with Crippen LogP contribution in [-0.4, -0.2) is 63.4 Å². The summed E-state index contributed by atoms with van der Waals surface area (Å²) in [5, 5.41) is 1.91. The molecule has 0 spiro atoms. The molecule has 26 heavy (non-hydrogen) atoms. The number of thiophene rings is 1. The minimum atomic E-state index is -3.48. The molecule has 6 nitrogen and oxygen atoms in total. The first-order valence-corrected chi connectivity index (χ1v) is 10.9. The molecular weight excluding hydrogens is 370 g/mol. The molecule has 1 fully saturated rings. The second-order valence-electron chi connectivity index (χ2n) is 6.33. The van der Waals surface area contributed by atoms with Crippen LogP contribution in [0.15, 0.2) is 46.7 Å². The van der Waals surface area contributed by atoms with E-state index in [-0.39, 0.29) is 5.91 Å². The molecule has 3 rings (SSSR count). The SMILES string of the molecule is Cc1cccc(S(=O)(=O)NCCN2CCN(C(=O)c3cccs3)CC2)c1. The number of benzene rings is 1. The highest BCUT2D eigenvalue weighted by atomic mass is 32.2. The third-order valence-corrected chi connectivity index (χ3v) is 6.73. The van der Waals surface area contributed by atoms with Gasteiger partial charge in [-0.15, -0.1) is 11.3 Å². The molecular formula is C18H23N3O3S2. The number of aryl methyl sites for hydroxylation is 1. The summed E-state index contributed by atoms with van der Waals surface area (Å²) >= 11 is 1.46. The molecule has 1 aliphatic heterocycles. The Labute approximate surface area is 158 Å². The Morgan fingerprint density at radius 2 is 1.92 bits per heavy atom. The monoisotopic (exact) mass is 393 g/mol. The fraction of sp³-hybridized carbons (Fsp3) is 0.389. The van der Waals surface area contributed by atoms with Crippen molar-refractivity contribution in [2.75, 3.05) is 39.3 Å². The fourth-order valence-corrected chi connectivity index (χ4v) is 4.75. The van der Waals surface area contributed by atoms with E-state index in [1.807, 2.05) is 35.4 Å². The van der Waals surface area contributed by atoms with Gasteiger partial charge in [-0.2, -0.15) is 0 Å². The van der Waals surface area contributed by atoms with E-state index < -0.39 is 10.0 Å². The Morgan fingerprint density at radius 1 is 1.15 bits per heavy atom. The van der Waals surface area contributed by atoms with E-state index >= 15 is 0 Å². The summed E-state index contributed by atoms with van der Waals surface area (Å²) in [5.74, 6) is 0.0831. The van der Waals surface area contributed by atoms with Gasteiger partial charge in [-0.25, -0.2) is 13.1 Å². The van der Waals surface area contributed by atoms with Gasteiger partial charge in [-0.3, -0.25) is 9.69 Å². The standard InChI is InChI=1S/C18H23N3O3S2/c1-15-4-2-5-16(14-15)26(23,24)19-7-8-20-9-11-21(12-10-20)18(22)17-6-3-13-25-17/h2-6,13-14,19H,7-12H2,1H3. The van der Waals surface area contributed by atoms with Gasteiger partial charge in [-0.05, 0) is 36.1 Å². The molecule has 0 bridgehead atoms. The molecule has 0 atom stereocenters. The Balaban J connectivity index is 1.45. The van der Waals surface area contributed by atoms with Gasteiger partial charge in [0.05, 0.1) is 9.77 Å². The number of hydrogen-bond acceptors (Lipinski definition) is 5. The average Bonchev–Trinajstić information content (AvgIpc) is 3.16. The summed E-state index contributed by atoms with van der Waals surface area (Å²) in [5.41, 5.74) is 0.916.